The molecule has 0 saturated heterocycles. The smallest absolute Gasteiger partial charge is 0.191 e. The molecule has 0 heterocycles. The van der Waals surface area contributed by atoms with E-state index in [-0.39, 0.29) is 10.9 Å². The largest absolute Gasteiger partial charge is 0.504 e. The Morgan fingerprint density at radius 3 is 2.46 bits per heavy atom. The molecule has 0 amide bonds. The van der Waals surface area contributed by atoms with Gasteiger partial charge in [0.1, 0.15) is 11.5 Å². The molecule has 138 valence electrons. The molecule has 0 aliphatic rings. The summed E-state index contributed by atoms with van der Waals surface area (Å²) >= 11 is 11.3. The van der Waals surface area contributed by atoms with Crippen molar-refractivity contribution in [3.05, 3.63) is 40.9 Å². The van der Waals surface area contributed by atoms with Crippen molar-refractivity contribution in [1.29, 1.82) is 0 Å². The number of phenolic OH excluding ortho intramolecular Hbond substituents is 1. The first kappa shape index (κ1) is 19.6. The van der Waals surface area contributed by atoms with E-state index in [9.17, 15) is 5.11 Å². The Hall–Kier alpha value is -2.71. The number of nitrogens with one attached hydrogen (secondary N) is 2. The molecule has 7 nitrogen and oxygen atoms in total. The van der Waals surface area contributed by atoms with Crippen molar-refractivity contribution in [1.82, 2.24) is 5.43 Å². The topological polar surface area (TPSA) is 84.3 Å². The van der Waals surface area contributed by atoms with Crippen molar-refractivity contribution in [2.24, 2.45) is 5.10 Å². The fourth-order valence-electron chi connectivity index (χ4n) is 2.08. The quantitative estimate of drug-likeness (QED) is 0.392. The number of benzene rings is 2. The molecule has 0 radical (unpaired) electrons. The number of aromatic hydroxyl groups is 1. The highest BCUT2D eigenvalue weighted by atomic mass is 35.5. The lowest BCUT2D eigenvalue weighted by atomic mass is 10.2. The molecule has 0 aromatic heterocycles. The van der Waals surface area contributed by atoms with Gasteiger partial charge in [0, 0.05) is 17.7 Å². The van der Waals surface area contributed by atoms with Crippen LogP contribution in [-0.2, 0) is 0 Å². The summed E-state index contributed by atoms with van der Waals surface area (Å²) in [6.07, 6.45) is 1.42. The van der Waals surface area contributed by atoms with E-state index in [0.29, 0.717) is 33.5 Å². The molecular formula is C17H18ClN3O4S. The fourth-order valence-corrected chi connectivity index (χ4v) is 2.47. The molecule has 0 saturated carbocycles. The number of phenols is 1. The molecule has 9 heteroatoms. The number of methoxy groups -OCH3 is 3. The van der Waals surface area contributed by atoms with Gasteiger partial charge < -0.3 is 24.6 Å². The van der Waals surface area contributed by atoms with Gasteiger partial charge in [0.2, 0.25) is 0 Å². The monoisotopic (exact) mass is 395 g/mol. The highest BCUT2D eigenvalue weighted by Crippen LogP contribution is 2.35. The maximum Gasteiger partial charge on any atom is 0.191 e. The van der Waals surface area contributed by atoms with Crippen LogP contribution in [0.3, 0.4) is 0 Å². The molecule has 26 heavy (non-hydrogen) atoms. The normalized spacial score (nSPS) is 10.5. The van der Waals surface area contributed by atoms with Gasteiger partial charge >= 0.3 is 0 Å². The third-order valence-corrected chi connectivity index (χ3v) is 3.83. The second-order valence-corrected chi connectivity index (χ2v) is 5.72. The van der Waals surface area contributed by atoms with Crippen LogP contribution >= 0.6 is 23.8 Å². The predicted molar refractivity (Wildman–Crippen MR) is 106 cm³/mol. The van der Waals surface area contributed by atoms with Gasteiger partial charge in [0.15, 0.2) is 16.6 Å². The first-order valence-electron chi connectivity index (χ1n) is 7.37. The third kappa shape index (κ3) is 4.68. The zero-order chi connectivity index (χ0) is 19.1. The van der Waals surface area contributed by atoms with Crippen LogP contribution in [0.4, 0.5) is 5.69 Å². The minimum absolute atomic E-state index is 0.0106. The number of hydrogen-bond donors (Lipinski definition) is 3. The highest BCUT2D eigenvalue weighted by Gasteiger charge is 2.11. The number of thiocarbonyl (C=S) groups is 1. The molecule has 0 fully saturated rings. The van der Waals surface area contributed by atoms with Crippen molar-refractivity contribution in [3.63, 3.8) is 0 Å². The number of para-hydroxylation sites is 1. The van der Waals surface area contributed by atoms with Gasteiger partial charge in [-0.25, -0.2) is 0 Å². The molecule has 2 rings (SSSR count). The maximum atomic E-state index is 10.0. The summed E-state index contributed by atoms with van der Waals surface area (Å²) in [4.78, 5) is 0. The summed E-state index contributed by atoms with van der Waals surface area (Å²) in [7, 11) is 4.50. The Balaban J connectivity index is 2.08. The van der Waals surface area contributed by atoms with Gasteiger partial charge in [-0.2, -0.15) is 5.10 Å². The van der Waals surface area contributed by atoms with Crippen LogP contribution in [0.2, 0.25) is 5.02 Å². The van der Waals surface area contributed by atoms with Crippen molar-refractivity contribution >= 4 is 40.8 Å². The minimum Gasteiger partial charge on any atom is -0.504 e. The van der Waals surface area contributed by atoms with Crippen LogP contribution in [0.5, 0.6) is 23.0 Å². The van der Waals surface area contributed by atoms with Gasteiger partial charge in [-0.3, -0.25) is 5.43 Å². The summed E-state index contributed by atoms with van der Waals surface area (Å²) in [6, 6.07) is 8.34. The first-order valence-corrected chi connectivity index (χ1v) is 8.16. The lowest BCUT2D eigenvalue weighted by molar-refractivity contribution is 0.373. The Bertz CT molecular complexity index is 830. The molecular weight excluding hydrogens is 378 g/mol. The van der Waals surface area contributed by atoms with Crippen LogP contribution in [0.25, 0.3) is 0 Å². The average molecular weight is 396 g/mol. The van der Waals surface area contributed by atoms with Crippen LogP contribution in [0.15, 0.2) is 35.4 Å². The summed E-state index contributed by atoms with van der Waals surface area (Å²) in [5.41, 5.74) is 3.69. The lowest BCUT2D eigenvalue weighted by Gasteiger charge is -2.14. The summed E-state index contributed by atoms with van der Waals surface area (Å²) < 4.78 is 15.5. The first-order chi connectivity index (χ1) is 12.5. The molecule has 0 bridgehead atoms. The van der Waals surface area contributed by atoms with Crippen molar-refractivity contribution in [2.75, 3.05) is 26.6 Å². The maximum absolute atomic E-state index is 10.0. The van der Waals surface area contributed by atoms with E-state index >= 15 is 0 Å². The van der Waals surface area contributed by atoms with E-state index in [1.54, 1.807) is 30.3 Å². The zero-order valence-electron chi connectivity index (χ0n) is 14.4. The third-order valence-electron chi connectivity index (χ3n) is 3.34. The molecule has 0 aliphatic heterocycles. The Labute approximate surface area is 161 Å². The highest BCUT2D eigenvalue weighted by molar-refractivity contribution is 7.80. The van der Waals surface area contributed by atoms with Gasteiger partial charge in [-0.15, -0.1) is 0 Å². The van der Waals surface area contributed by atoms with Crippen LogP contribution in [-0.4, -0.2) is 37.8 Å². The minimum atomic E-state index is -0.0106. The lowest BCUT2D eigenvalue weighted by Crippen LogP contribution is -2.24. The second-order valence-electron chi connectivity index (χ2n) is 4.91. The Morgan fingerprint density at radius 2 is 1.81 bits per heavy atom. The number of hydrazone groups is 1. The number of halogens is 1. The summed E-state index contributed by atoms with van der Waals surface area (Å²) in [5, 5.41) is 17.6. The van der Waals surface area contributed by atoms with Crippen LogP contribution < -0.4 is 25.0 Å². The van der Waals surface area contributed by atoms with Crippen molar-refractivity contribution < 1.29 is 19.3 Å². The molecule has 2 aromatic carbocycles. The van der Waals surface area contributed by atoms with E-state index in [4.69, 9.17) is 38.0 Å². The van der Waals surface area contributed by atoms with Crippen molar-refractivity contribution in [2.45, 2.75) is 0 Å². The second kappa shape index (κ2) is 9.12. The predicted octanol–water partition coefficient (Wildman–Crippen LogP) is 3.39. The van der Waals surface area contributed by atoms with Crippen molar-refractivity contribution in [3.8, 4) is 23.0 Å². The number of hydrogen-bond acceptors (Lipinski definition) is 6. The number of rotatable bonds is 6. The fraction of sp³-hybridized carbons (Fsp3) is 0.176. The number of anilines is 1. The number of nitrogens with zero attached hydrogens (tertiary/aromatic N) is 1. The Morgan fingerprint density at radius 1 is 1.12 bits per heavy atom. The van der Waals surface area contributed by atoms with E-state index in [2.05, 4.69) is 15.8 Å². The van der Waals surface area contributed by atoms with E-state index in [1.807, 2.05) is 0 Å². The van der Waals surface area contributed by atoms with Gasteiger partial charge in [-0.1, -0.05) is 17.7 Å². The standard InChI is InChI=1S/C17H18ClN3O4S/c1-23-13-6-4-5-10(16(13)22)9-19-21-17(26)20-12-8-14(24-2)11(18)7-15(12)25-3/h4-9,22H,1-3H3,(H2,20,21,26)/b19-9+. The Kier molecular flexibility index (Phi) is 6.88. The average Bonchev–Trinajstić information content (AvgIpc) is 2.64. The van der Waals surface area contributed by atoms with E-state index in [1.165, 1.54) is 27.5 Å². The number of ether oxygens (including phenoxy) is 3. The molecule has 3 N–H and O–H groups in total. The molecule has 0 atom stereocenters. The van der Waals surface area contributed by atoms with Gasteiger partial charge in [0.05, 0.1) is 38.3 Å². The van der Waals surface area contributed by atoms with Gasteiger partial charge in [-0.05, 0) is 24.4 Å². The van der Waals surface area contributed by atoms with Crippen LogP contribution in [0.1, 0.15) is 5.56 Å². The van der Waals surface area contributed by atoms with E-state index in [0.717, 1.165) is 0 Å². The molecule has 0 unspecified atom stereocenters. The molecule has 0 aliphatic carbocycles. The summed E-state index contributed by atoms with van der Waals surface area (Å²) in [5.74, 6) is 1.31. The van der Waals surface area contributed by atoms with Gasteiger partial charge in [0.25, 0.3) is 0 Å². The van der Waals surface area contributed by atoms with Crippen LogP contribution in [0, 0.1) is 0 Å². The van der Waals surface area contributed by atoms with E-state index < -0.39 is 0 Å². The molecule has 0 spiro atoms. The molecule has 2 aromatic rings. The zero-order valence-corrected chi connectivity index (χ0v) is 15.9. The summed E-state index contributed by atoms with van der Waals surface area (Å²) in [6.45, 7) is 0. The SMILES string of the molecule is COc1cc(NC(=S)N/N=C/c2cccc(OC)c2O)c(OC)cc1Cl.